The zero-order valence-corrected chi connectivity index (χ0v) is 17.0. The third-order valence-corrected chi connectivity index (χ3v) is 4.92. The third-order valence-electron chi connectivity index (χ3n) is 4.92. The summed E-state index contributed by atoms with van der Waals surface area (Å²) in [6.45, 7) is -0.229. The van der Waals surface area contributed by atoms with Gasteiger partial charge >= 0.3 is 6.61 Å². The summed E-state index contributed by atoms with van der Waals surface area (Å²) < 4.78 is 34.5. The molecule has 0 bridgehead atoms. The van der Waals surface area contributed by atoms with Gasteiger partial charge in [0.05, 0.1) is 12.0 Å². The minimum Gasteiger partial charge on any atom is -0.493 e. The fraction of sp³-hybridized carbons (Fsp3) is 0.350. The summed E-state index contributed by atoms with van der Waals surface area (Å²) in [5.41, 5.74) is 0.518. The number of nitro groups is 1. The van der Waals surface area contributed by atoms with Crippen LogP contribution < -0.4 is 19.7 Å². The van der Waals surface area contributed by atoms with Crippen LogP contribution in [0.2, 0.25) is 0 Å². The van der Waals surface area contributed by atoms with Crippen LogP contribution in [0.1, 0.15) is 10.4 Å². The van der Waals surface area contributed by atoms with Crippen molar-refractivity contribution in [2.24, 2.45) is 0 Å². The van der Waals surface area contributed by atoms with Crippen LogP contribution in [0.5, 0.6) is 11.5 Å². The molecular formula is C20H22F2N4O5. The zero-order valence-electron chi connectivity index (χ0n) is 17.0. The maximum atomic E-state index is 12.6. The Hall–Kier alpha value is -3.47. The van der Waals surface area contributed by atoms with Gasteiger partial charge in [0.15, 0.2) is 11.5 Å². The van der Waals surface area contributed by atoms with Gasteiger partial charge in [0.25, 0.3) is 11.6 Å². The predicted octanol–water partition coefficient (Wildman–Crippen LogP) is 3.21. The number of carbonyl (C=O) groups is 1. The van der Waals surface area contributed by atoms with Gasteiger partial charge in [0.1, 0.15) is 5.69 Å². The van der Waals surface area contributed by atoms with Gasteiger partial charge in [-0.05, 0) is 31.3 Å². The van der Waals surface area contributed by atoms with Crippen LogP contribution in [0, 0.1) is 10.1 Å². The molecule has 166 valence electrons. The molecule has 1 aliphatic rings. The summed E-state index contributed by atoms with van der Waals surface area (Å²) in [7, 11) is 3.28. The van der Waals surface area contributed by atoms with Gasteiger partial charge in [-0.15, -0.1) is 0 Å². The smallest absolute Gasteiger partial charge is 0.387 e. The van der Waals surface area contributed by atoms with Gasteiger partial charge in [-0.2, -0.15) is 8.78 Å². The Labute approximate surface area is 177 Å². The number of ether oxygens (including phenoxy) is 2. The van der Waals surface area contributed by atoms with Crippen molar-refractivity contribution in [3.05, 3.63) is 52.1 Å². The highest BCUT2D eigenvalue weighted by Crippen LogP contribution is 2.33. The number of piperazine rings is 1. The second-order valence-corrected chi connectivity index (χ2v) is 6.95. The van der Waals surface area contributed by atoms with Crippen LogP contribution >= 0.6 is 0 Å². The molecule has 31 heavy (non-hydrogen) atoms. The molecule has 0 aromatic heterocycles. The van der Waals surface area contributed by atoms with Crippen LogP contribution in [0.3, 0.4) is 0 Å². The molecule has 0 radical (unpaired) electrons. The van der Waals surface area contributed by atoms with Crippen molar-refractivity contribution >= 4 is 23.0 Å². The monoisotopic (exact) mass is 436 g/mol. The summed E-state index contributed by atoms with van der Waals surface area (Å²) in [4.78, 5) is 27.8. The average Bonchev–Trinajstić information content (AvgIpc) is 2.73. The molecule has 1 heterocycles. The molecule has 3 rings (SSSR count). The normalized spacial score (nSPS) is 14.4. The van der Waals surface area contributed by atoms with Crippen molar-refractivity contribution in [1.29, 1.82) is 0 Å². The first-order chi connectivity index (χ1) is 14.8. The number of nitro benzene ring substituents is 1. The number of nitrogens with zero attached hydrogens (tertiary/aromatic N) is 3. The van der Waals surface area contributed by atoms with Gasteiger partial charge in [0, 0.05) is 49.6 Å². The number of hydrogen-bond donors (Lipinski definition) is 1. The van der Waals surface area contributed by atoms with E-state index in [1.54, 1.807) is 6.07 Å². The number of benzene rings is 2. The molecule has 1 N–H and O–H groups in total. The van der Waals surface area contributed by atoms with Crippen molar-refractivity contribution in [3.8, 4) is 11.5 Å². The molecule has 0 unspecified atom stereocenters. The number of likely N-dealkylation sites (N-methyl/N-ethyl adjacent to an activating group) is 1. The van der Waals surface area contributed by atoms with E-state index in [0.29, 0.717) is 18.8 Å². The maximum absolute atomic E-state index is 12.6. The molecule has 1 fully saturated rings. The number of anilines is 2. The zero-order chi connectivity index (χ0) is 22.5. The van der Waals surface area contributed by atoms with Crippen LogP contribution in [0.15, 0.2) is 36.4 Å². The second-order valence-electron chi connectivity index (χ2n) is 6.95. The topological polar surface area (TPSA) is 97.2 Å². The lowest BCUT2D eigenvalue weighted by Gasteiger charge is -2.33. The molecule has 0 aliphatic carbocycles. The van der Waals surface area contributed by atoms with Gasteiger partial charge < -0.3 is 24.6 Å². The summed E-state index contributed by atoms with van der Waals surface area (Å²) in [6, 6.07) is 8.26. The highest BCUT2D eigenvalue weighted by Gasteiger charge is 2.24. The number of halogens is 2. The second kappa shape index (κ2) is 9.56. The minimum atomic E-state index is -3.07. The first-order valence-electron chi connectivity index (χ1n) is 9.44. The third kappa shape index (κ3) is 5.37. The molecule has 9 nitrogen and oxygen atoms in total. The fourth-order valence-electron chi connectivity index (χ4n) is 3.27. The van der Waals surface area contributed by atoms with Gasteiger partial charge in [0.2, 0.25) is 0 Å². The SMILES string of the molecule is COc1ccc(NC(=O)c2ccc(N3CCN(C)CC3)c([N+](=O)[O-])c2)cc1OC(F)F. The van der Waals surface area contributed by atoms with Crippen LogP contribution in [-0.2, 0) is 0 Å². The van der Waals surface area contributed by atoms with Gasteiger partial charge in [-0.1, -0.05) is 0 Å². The largest absolute Gasteiger partial charge is 0.493 e. The summed E-state index contributed by atoms with van der Waals surface area (Å²) >= 11 is 0. The van der Waals surface area contributed by atoms with Crippen LogP contribution in [0.25, 0.3) is 0 Å². The number of amides is 1. The molecule has 11 heteroatoms. The van der Waals surface area contributed by atoms with E-state index >= 15 is 0 Å². The molecule has 1 aliphatic heterocycles. The van der Waals surface area contributed by atoms with E-state index < -0.39 is 17.4 Å². The summed E-state index contributed by atoms with van der Waals surface area (Å²) in [5.74, 6) is -0.793. The van der Waals surface area contributed by atoms with Crippen LogP contribution in [0.4, 0.5) is 25.8 Å². The molecule has 0 saturated carbocycles. The van der Waals surface area contributed by atoms with Crippen molar-refractivity contribution < 1.29 is 28.0 Å². The van der Waals surface area contributed by atoms with Crippen molar-refractivity contribution in [3.63, 3.8) is 0 Å². The Morgan fingerprint density at radius 2 is 1.84 bits per heavy atom. The number of alkyl halides is 2. The van der Waals surface area contributed by atoms with Crippen LogP contribution in [-0.4, -0.2) is 62.7 Å². The number of nitrogens with one attached hydrogen (secondary N) is 1. The molecular weight excluding hydrogens is 414 g/mol. The Bertz CT molecular complexity index is 965. The Morgan fingerprint density at radius 3 is 2.45 bits per heavy atom. The number of rotatable bonds is 7. The summed E-state index contributed by atoms with van der Waals surface area (Å²) in [6.07, 6.45) is 0. The van der Waals surface area contributed by atoms with E-state index in [4.69, 9.17) is 4.74 Å². The molecule has 0 spiro atoms. The number of hydrogen-bond acceptors (Lipinski definition) is 7. The molecule has 1 saturated heterocycles. The molecule has 2 aromatic rings. The Balaban J connectivity index is 1.82. The lowest BCUT2D eigenvalue weighted by atomic mass is 10.1. The Kier molecular flexibility index (Phi) is 6.85. The van der Waals surface area contributed by atoms with E-state index in [1.807, 2.05) is 11.9 Å². The van der Waals surface area contributed by atoms with E-state index in [0.717, 1.165) is 13.1 Å². The predicted molar refractivity (Wildman–Crippen MR) is 110 cm³/mol. The quantitative estimate of drug-likeness (QED) is 0.526. The first-order valence-corrected chi connectivity index (χ1v) is 9.44. The molecule has 0 atom stereocenters. The summed E-state index contributed by atoms with van der Waals surface area (Å²) in [5, 5.41) is 14.1. The average molecular weight is 436 g/mol. The fourth-order valence-corrected chi connectivity index (χ4v) is 3.27. The minimum absolute atomic E-state index is 0.0664. The number of carbonyl (C=O) groups excluding carboxylic acids is 1. The number of methoxy groups -OCH3 is 1. The first kappa shape index (κ1) is 22.2. The van der Waals surface area contributed by atoms with E-state index in [2.05, 4.69) is 15.0 Å². The van der Waals surface area contributed by atoms with E-state index in [1.165, 1.54) is 37.4 Å². The highest BCUT2D eigenvalue weighted by atomic mass is 19.3. The van der Waals surface area contributed by atoms with Crippen molar-refractivity contribution in [2.45, 2.75) is 6.61 Å². The van der Waals surface area contributed by atoms with Gasteiger partial charge in [-0.25, -0.2) is 0 Å². The maximum Gasteiger partial charge on any atom is 0.387 e. The van der Waals surface area contributed by atoms with E-state index in [-0.39, 0.29) is 28.4 Å². The van der Waals surface area contributed by atoms with Gasteiger partial charge in [-0.3, -0.25) is 14.9 Å². The lowest BCUT2D eigenvalue weighted by molar-refractivity contribution is -0.384. The van der Waals surface area contributed by atoms with E-state index in [9.17, 15) is 23.7 Å². The lowest BCUT2D eigenvalue weighted by Crippen LogP contribution is -2.44. The molecule has 2 aromatic carbocycles. The van der Waals surface area contributed by atoms with Crippen molar-refractivity contribution in [2.75, 3.05) is 50.6 Å². The Morgan fingerprint density at radius 1 is 1.13 bits per heavy atom. The standard InChI is InChI=1S/C20H22F2N4O5/c1-24-7-9-25(10-8-24)15-5-3-13(11-16(15)26(28)29)19(27)23-14-4-6-17(30-2)18(12-14)31-20(21)22/h3-6,11-12,20H,7-10H2,1-2H3,(H,23,27). The highest BCUT2D eigenvalue weighted by molar-refractivity contribution is 6.05. The molecule has 1 amide bonds. The van der Waals surface area contributed by atoms with Crippen molar-refractivity contribution in [1.82, 2.24) is 4.90 Å².